The Kier molecular flexibility index (Phi) is 11.3. The van der Waals surface area contributed by atoms with Crippen LogP contribution < -0.4 is 14.4 Å². The summed E-state index contributed by atoms with van der Waals surface area (Å²) in [4.78, 5) is 28.9. The summed E-state index contributed by atoms with van der Waals surface area (Å²) in [6, 6.07) is 20.0. The predicted octanol–water partition coefficient (Wildman–Crippen LogP) is 5.23. The Labute approximate surface area is 244 Å². The highest BCUT2D eigenvalue weighted by molar-refractivity contribution is 7.92. The van der Waals surface area contributed by atoms with Gasteiger partial charge >= 0.3 is 0 Å². The molecule has 41 heavy (non-hydrogen) atoms. The van der Waals surface area contributed by atoms with Crippen LogP contribution in [0.25, 0.3) is 0 Å². The number of ether oxygens (including phenoxy) is 1. The molecule has 0 fully saturated rings. The average molecular weight is 580 g/mol. The number of nitrogens with zero attached hydrogens (tertiary/aromatic N) is 2. The number of benzene rings is 3. The summed E-state index contributed by atoms with van der Waals surface area (Å²) in [6.45, 7) is 7.94. The molecule has 1 atom stereocenters. The molecule has 3 rings (SSSR count). The Morgan fingerprint density at radius 3 is 2.00 bits per heavy atom. The number of aryl methyl sites for hydroxylation is 2. The maximum Gasteiger partial charge on any atom is 0.264 e. The molecular formula is C32H41N3O5S. The number of hydrogen-bond acceptors (Lipinski definition) is 5. The van der Waals surface area contributed by atoms with Crippen LogP contribution in [0.4, 0.5) is 5.69 Å². The van der Waals surface area contributed by atoms with Gasteiger partial charge in [-0.2, -0.15) is 0 Å². The van der Waals surface area contributed by atoms with Crippen molar-refractivity contribution in [1.82, 2.24) is 10.2 Å². The first-order chi connectivity index (χ1) is 19.6. The average Bonchev–Trinajstić information content (AvgIpc) is 2.97. The minimum atomic E-state index is -4.12. The van der Waals surface area contributed by atoms with Crippen LogP contribution >= 0.6 is 0 Å². The molecular weight excluding hydrogens is 538 g/mol. The number of unbranched alkanes of at least 4 members (excludes halogenated alkanes) is 1. The number of anilines is 1. The minimum Gasteiger partial charge on any atom is -0.497 e. The van der Waals surface area contributed by atoms with E-state index in [-0.39, 0.29) is 17.3 Å². The summed E-state index contributed by atoms with van der Waals surface area (Å²) in [5.41, 5.74) is 3.16. The fourth-order valence-electron chi connectivity index (χ4n) is 4.43. The zero-order valence-electron chi connectivity index (χ0n) is 24.6. The van der Waals surface area contributed by atoms with Crippen LogP contribution in [0.3, 0.4) is 0 Å². The van der Waals surface area contributed by atoms with Crippen LogP contribution in [0, 0.1) is 13.8 Å². The number of hydrogen-bond donors (Lipinski definition) is 1. The molecule has 0 spiro atoms. The second-order valence-electron chi connectivity index (χ2n) is 10.1. The molecule has 3 aromatic carbocycles. The Morgan fingerprint density at radius 2 is 1.46 bits per heavy atom. The van der Waals surface area contributed by atoms with E-state index in [0.717, 1.165) is 33.8 Å². The van der Waals surface area contributed by atoms with Crippen LogP contribution in [0.5, 0.6) is 5.75 Å². The zero-order valence-corrected chi connectivity index (χ0v) is 25.4. The largest absolute Gasteiger partial charge is 0.497 e. The van der Waals surface area contributed by atoms with E-state index in [1.165, 1.54) is 24.1 Å². The third kappa shape index (κ3) is 8.33. The highest BCUT2D eigenvalue weighted by atomic mass is 32.2. The van der Waals surface area contributed by atoms with E-state index < -0.39 is 28.5 Å². The Morgan fingerprint density at radius 1 is 0.878 bits per heavy atom. The number of rotatable bonds is 14. The highest BCUT2D eigenvalue weighted by Crippen LogP contribution is 2.27. The summed E-state index contributed by atoms with van der Waals surface area (Å²) in [6.07, 6.45) is 2.13. The van der Waals surface area contributed by atoms with E-state index in [0.29, 0.717) is 24.4 Å². The Bertz CT molecular complexity index is 1390. The Hall–Kier alpha value is -3.85. The van der Waals surface area contributed by atoms with Crippen molar-refractivity contribution in [2.24, 2.45) is 0 Å². The summed E-state index contributed by atoms with van der Waals surface area (Å²) in [5.74, 6) is -0.170. The fraction of sp³-hybridized carbons (Fsp3) is 0.375. The molecule has 0 aliphatic heterocycles. The first-order valence-electron chi connectivity index (χ1n) is 14.0. The van der Waals surface area contributed by atoms with Gasteiger partial charge in [-0.15, -0.1) is 0 Å². The van der Waals surface area contributed by atoms with Gasteiger partial charge in [-0.25, -0.2) is 8.42 Å². The smallest absolute Gasteiger partial charge is 0.264 e. The topological polar surface area (TPSA) is 96.0 Å². The third-order valence-electron chi connectivity index (χ3n) is 6.94. The molecule has 2 amide bonds. The van der Waals surface area contributed by atoms with Crippen LogP contribution in [0.1, 0.15) is 49.8 Å². The van der Waals surface area contributed by atoms with E-state index in [2.05, 4.69) is 5.32 Å². The van der Waals surface area contributed by atoms with Crippen molar-refractivity contribution >= 4 is 27.5 Å². The first-order valence-corrected chi connectivity index (χ1v) is 15.4. The molecule has 0 saturated heterocycles. The Balaban J connectivity index is 2.03. The standard InChI is InChI=1S/C32H41N3O5S/c1-6-8-21-33-32(37)30(7-2)34(22-26-13-9-24(3)10-14-26)31(36)23-35(27-15-17-28(40-5)18-16-27)41(38,39)29-19-11-25(4)12-20-29/h9-20,30H,6-8,21-23H2,1-5H3,(H,33,37). The molecule has 3 aromatic rings. The van der Waals surface area contributed by atoms with Gasteiger partial charge < -0.3 is 15.0 Å². The van der Waals surface area contributed by atoms with Crippen molar-refractivity contribution in [3.05, 3.63) is 89.5 Å². The quantitative estimate of drug-likeness (QED) is 0.264. The maximum atomic E-state index is 14.1. The fourth-order valence-corrected chi connectivity index (χ4v) is 5.84. The molecule has 0 saturated carbocycles. The van der Waals surface area contributed by atoms with Crippen molar-refractivity contribution in [1.29, 1.82) is 0 Å². The van der Waals surface area contributed by atoms with E-state index in [1.807, 2.05) is 52.0 Å². The lowest BCUT2D eigenvalue weighted by atomic mass is 10.1. The number of carbonyl (C=O) groups excluding carboxylic acids is 2. The number of carbonyl (C=O) groups is 2. The molecule has 0 aliphatic rings. The van der Waals surface area contributed by atoms with Gasteiger partial charge in [-0.1, -0.05) is 67.8 Å². The van der Waals surface area contributed by atoms with Crippen LogP contribution in [0.2, 0.25) is 0 Å². The molecule has 0 radical (unpaired) electrons. The maximum absolute atomic E-state index is 14.1. The summed E-state index contributed by atoms with van der Waals surface area (Å²) in [5, 5.41) is 2.95. The van der Waals surface area contributed by atoms with Crippen molar-refractivity contribution in [2.75, 3.05) is 24.5 Å². The molecule has 8 nitrogen and oxygen atoms in total. The second-order valence-corrected chi connectivity index (χ2v) is 12.0. The molecule has 9 heteroatoms. The summed E-state index contributed by atoms with van der Waals surface area (Å²) >= 11 is 0. The number of methoxy groups -OCH3 is 1. The van der Waals surface area contributed by atoms with Gasteiger partial charge in [0.05, 0.1) is 17.7 Å². The minimum absolute atomic E-state index is 0.0705. The van der Waals surface area contributed by atoms with E-state index >= 15 is 0 Å². The molecule has 1 unspecified atom stereocenters. The van der Waals surface area contributed by atoms with Gasteiger partial charge in [0.1, 0.15) is 18.3 Å². The number of nitrogens with one attached hydrogen (secondary N) is 1. The third-order valence-corrected chi connectivity index (χ3v) is 8.73. The summed E-state index contributed by atoms with van der Waals surface area (Å²) in [7, 11) is -2.60. The van der Waals surface area contributed by atoms with Gasteiger partial charge in [-0.3, -0.25) is 13.9 Å². The second kappa shape index (κ2) is 14.7. The number of sulfonamides is 1. The zero-order chi connectivity index (χ0) is 30.0. The van der Waals surface area contributed by atoms with Crippen molar-refractivity contribution in [2.45, 2.75) is 64.4 Å². The van der Waals surface area contributed by atoms with Gasteiger partial charge in [0.15, 0.2) is 0 Å². The van der Waals surface area contributed by atoms with Crippen molar-refractivity contribution < 1.29 is 22.7 Å². The highest BCUT2D eigenvalue weighted by Gasteiger charge is 2.33. The van der Waals surface area contributed by atoms with Crippen LogP contribution in [0.15, 0.2) is 77.7 Å². The lowest BCUT2D eigenvalue weighted by Gasteiger charge is -2.33. The monoisotopic (exact) mass is 579 g/mol. The van der Waals surface area contributed by atoms with E-state index in [9.17, 15) is 18.0 Å². The first kappa shape index (κ1) is 31.7. The lowest BCUT2D eigenvalue weighted by Crippen LogP contribution is -2.52. The van der Waals surface area contributed by atoms with Crippen LogP contribution in [-0.4, -0.2) is 51.4 Å². The molecule has 0 aromatic heterocycles. The van der Waals surface area contributed by atoms with Gasteiger partial charge in [0.25, 0.3) is 10.0 Å². The van der Waals surface area contributed by atoms with Gasteiger partial charge in [-0.05, 0) is 68.7 Å². The molecule has 220 valence electrons. The molecule has 0 aliphatic carbocycles. The number of amides is 2. The predicted molar refractivity (Wildman–Crippen MR) is 162 cm³/mol. The van der Waals surface area contributed by atoms with Crippen LogP contribution in [-0.2, 0) is 26.2 Å². The normalized spacial score (nSPS) is 11.9. The molecule has 0 bridgehead atoms. The van der Waals surface area contributed by atoms with Gasteiger partial charge in [0, 0.05) is 13.1 Å². The van der Waals surface area contributed by atoms with Crippen molar-refractivity contribution in [3.8, 4) is 5.75 Å². The van der Waals surface area contributed by atoms with E-state index in [4.69, 9.17) is 4.74 Å². The molecule has 1 N–H and O–H groups in total. The van der Waals surface area contributed by atoms with Gasteiger partial charge in [0.2, 0.25) is 11.8 Å². The lowest BCUT2D eigenvalue weighted by molar-refractivity contribution is -0.140. The van der Waals surface area contributed by atoms with Crippen molar-refractivity contribution in [3.63, 3.8) is 0 Å². The molecule has 0 heterocycles. The van der Waals surface area contributed by atoms with E-state index in [1.54, 1.807) is 36.4 Å². The summed E-state index contributed by atoms with van der Waals surface area (Å²) < 4.78 is 34.2. The SMILES string of the molecule is CCCCNC(=O)C(CC)N(Cc1ccc(C)cc1)C(=O)CN(c1ccc(OC)cc1)S(=O)(=O)c1ccc(C)cc1.